The molecule has 0 aliphatic heterocycles. The SMILES string of the molecule is CC(C)CCC[C@H](C)[C@@H]1CC[C@@H]2[C@H]3CC=C4C[C@@H](OC(=O)NC[C@H](O)[C@H](O)[C@H](O)[C@H](O)CO)CC[C@]4(C)[C@@H]3CC[C@@]21C. The number of alkyl carbamates (subject to hydrolysis) is 1. The molecule has 0 bridgehead atoms. The van der Waals surface area contributed by atoms with Gasteiger partial charge in [-0.25, -0.2) is 4.79 Å². The van der Waals surface area contributed by atoms with Gasteiger partial charge in [0.25, 0.3) is 0 Å². The van der Waals surface area contributed by atoms with Crippen molar-refractivity contribution in [3.05, 3.63) is 11.6 Å². The number of aliphatic hydroxyl groups is 5. The number of ether oxygens (including phenoxy) is 1. The first-order chi connectivity index (χ1) is 19.8. The fraction of sp³-hybridized carbons (Fsp3) is 0.912. The minimum absolute atomic E-state index is 0.158. The van der Waals surface area contributed by atoms with E-state index in [-0.39, 0.29) is 18.1 Å². The lowest BCUT2D eigenvalue weighted by Gasteiger charge is -2.58. The highest BCUT2D eigenvalue weighted by Crippen LogP contribution is 2.67. The van der Waals surface area contributed by atoms with Crippen molar-refractivity contribution in [1.29, 1.82) is 0 Å². The van der Waals surface area contributed by atoms with E-state index in [4.69, 9.17) is 9.84 Å². The van der Waals surface area contributed by atoms with Crippen LogP contribution in [0.3, 0.4) is 0 Å². The summed E-state index contributed by atoms with van der Waals surface area (Å²) in [4.78, 5) is 12.5. The molecule has 8 heteroatoms. The van der Waals surface area contributed by atoms with E-state index in [9.17, 15) is 25.2 Å². The van der Waals surface area contributed by atoms with Crippen LogP contribution < -0.4 is 5.32 Å². The molecule has 0 heterocycles. The molecule has 0 aromatic carbocycles. The number of carbonyl (C=O) groups is 1. The third kappa shape index (κ3) is 6.88. The van der Waals surface area contributed by atoms with Gasteiger partial charge in [0, 0.05) is 13.0 Å². The Hall–Kier alpha value is -1.19. The van der Waals surface area contributed by atoms with Crippen LogP contribution in [0, 0.1) is 46.3 Å². The molecule has 0 spiro atoms. The molecular formula is C34H59NO7. The predicted molar refractivity (Wildman–Crippen MR) is 162 cm³/mol. The molecule has 8 nitrogen and oxygen atoms in total. The van der Waals surface area contributed by atoms with Crippen LogP contribution in [-0.4, -0.2) is 75.3 Å². The number of hydrogen-bond acceptors (Lipinski definition) is 7. The molecule has 0 radical (unpaired) electrons. The van der Waals surface area contributed by atoms with Gasteiger partial charge in [-0.15, -0.1) is 0 Å². The van der Waals surface area contributed by atoms with Gasteiger partial charge in [-0.3, -0.25) is 0 Å². The summed E-state index contributed by atoms with van der Waals surface area (Å²) in [6, 6.07) is 0. The molecule has 0 aromatic heterocycles. The highest BCUT2D eigenvalue weighted by atomic mass is 16.6. The number of nitrogens with one attached hydrogen (secondary N) is 1. The van der Waals surface area contributed by atoms with Gasteiger partial charge in [-0.1, -0.05) is 65.5 Å². The number of carbonyl (C=O) groups excluding carboxylic acids is 1. The zero-order chi connectivity index (χ0) is 30.8. The summed E-state index contributed by atoms with van der Waals surface area (Å²) in [6.45, 7) is 11.2. The van der Waals surface area contributed by atoms with Crippen LogP contribution in [0.5, 0.6) is 0 Å². The van der Waals surface area contributed by atoms with Crippen molar-refractivity contribution >= 4 is 6.09 Å². The highest BCUT2D eigenvalue weighted by Gasteiger charge is 2.59. The first-order valence-corrected chi connectivity index (χ1v) is 16.8. The van der Waals surface area contributed by atoms with E-state index in [0.717, 1.165) is 55.3 Å². The molecule has 3 fully saturated rings. The lowest BCUT2D eigenvalue weighted by molar-refractivity contribution is -0.113. The maximum absolute atomic E-state index is 12.5. The fourth-order valence-corrected chi connectivity index (χ4v) is 9.82. The molecular weight excluding hydrogens is 534 g/mol. The van der Waals surface area contributed by atoms with Gasteiger partial charge >= 0.3 is 6.09 Å². The Bertz CT molecular complexity index is 941. The summed E-state index contributed by atoms with van der Waals surface area (Å²) >= 11 is 0. The van der Waals surface area contributed by atoms with E-state index in [1.54, 1.807) is 0 Å². The fourth-order valence-electron chi connectivity index (χ4n) is 9.82. The van der Waals surface area contributed by atoms with Gasteiger partial charge in [0.2, 0.25) is 0 Å². The average molecular weight is 594 g/mol. The van der Waals surface area contributed by atoms with Crippen molar-refractivity contribution in [3.63, 3.8) is 0 Å². The molecule has 6 N–H and O–H groups in total. The van der Waals surface area contributed by atoms with Crippen LogP contribution in [0.15, 0.2) is 11.6 Å². The number of hydrogen-bond donors (Lipinski definition) is 6. The zero-order valence-corrected chi connectivity index (χ0v) is 26.7. The molecule has 12 atom stereocenters. The first-order valence-electron chi connectivity index (χ1n) is 16.8. The normalized spacial score (nSPS) is 37.9. The number of rotatable bonds is 12. The van der Waals surface area contributed by atoms with Gasteiger partial charge in [-0.2, -0.15) is 0 Å². The third-order valence-corrected chi connectivity index (χ3v) is 12.3. The Morgan fingerprint density at radius 1 is 0.976 bits per heavy atom. The van der Waals surface area contributed by atoms with Crippen LogP contribution in [-0.2, 0) is 4.74 Å². The van der Waals surface area contributed by atoms with Gasteiger partial charge in [0.05, 0.1) is 12.7 Å². The van der Waals surface area contributed by atoms with E-state index in [1.165, 1.54) is 50.5 Å². The largest absolute Gasteiger partial charge is 0.446 e. The van der Waals surface area contributed by atoms with Gasteiger partial charge in [0.1, 0.15) is 24.4 Å². The van der Waals surface area contributed by atoms with Crippen molar-refractivity contribution in [2.75, 3.05) is 13.2 Å². The lowest BCUT2D eigenvalue weighted by Crippen LogP contribution is -2.51. The average Bonchev–Trinajstić information content (AvgIpc) is 3.31. The molecule has 242 valence electrons. The minimum Gasteiger partial charge on any atom is -0.446 e. The Kier molecular flexibility index (Phi) is 11.1. The molecule has 4 aliphatic carbocycles. The monoisotopic (exact) mass is 593 g/mol. The van der Waals surface area contributed by atoms with Gasteiger partial charge in [-0.05, 0) is 91.3 Å². The second kappa shape index (κ2) is 13.8. The van der Waals surface area contributed by atoms with Crippen LogP contribution in [0.2, 0.25) is 0 Å². The van der Waals surface area contributed by atoms with E-state index in [2.05, 4.69) is 46.0 Å². The molecule has 1 amide bonds. The van der Waals surface area contributed by atoms with Crippen molar-refractivity contribution in [3.8, 4) is 0 Å². The standard InChI is InChI=1S/C34H59NO7/c1-20(2)7-6-8-21(3)25-11-12-26-24-10-9-22-17-23(13-15-33(22,4)27(24)14-16-34(25,26)5)42-32(41)35-18-28(37)30(39)31(40)29(38)19-36/h9,20-21,23-31,36-40H,6-8,10-19H2,1-5H3,(H,35,41)/t21-,23-,24+,25-,26+,27+,28-,29+,30-,31+,33-,34+/m0/s1. The quantitative estimate of drug-likeness (QED) is 0.182. The Morgan fingerprint density at radius 2 is 1.69 bits per heavy atom. The number of allylic oxidation sites excluding steroid dienone is 1. The third-order valence-electron chi connectivity index (χ3n) is 12.3. The topological polar surface area (TPSA) is 139 Å². The predicted octanol–water partition coefficient (Wildman–Crippen LogP) is 4.56. The van der Waals surface area contributed by atoms with Crippen molar-refractivity contribution in [2.24, 2.45) is 46.3 Å². The second-order valence-corrected chi connectivity index (χ2v) is 15.2. The molecule has 42 heavy (non-hydrogen) atoms. The number of fused-ring (bicyclic) bond motifs is 5. The first kappa shape index (κ1) is 33.7. The molecule has 0 saturated heterocycles. The van der Waals surface area contributed by atoms with E-state index in [0.29, 0.717) is 11.3 Å². The van der Waals surface area contributed by atoms with Crippen LogP contribution in [0.25, 0.3) is 0 Å². The number of amides is 1. The summed E-state index contributed by atoms with van der Waals surface area (Å²) in [5, 5.41) is 50.7. The number of aliphatic hydroxyl groups excluding tert-OH is 5. The van der Waals surface area contributed by atoms with Gasteiger partial charge in [0.15, 0.2) is 0 Å². The zero-order valence-electron chi connectivity index (χ0n) is 26.7. The summed E-state index contributed by atoms with van der Waals surface area (Å²) in [6.07, 6.45) is 8.14. The maximum Gasteiger partial charge on any atom is 0.407 e. The molecule has 4 rings (SSSR count). The summed E-state index contributed by atoms with van der Waals surface area (Å²) in [7, 11) is 0. The molecule has 0 unspecified atom stereocenters. The van der Waals surface area contributed by atoms with E-state index < -0.39 is 37.1 Å². The second-order valence-electron chi connectivity index (χ2n) is 15.2. The molecule has 4 aliphatic rings. The maximum atomic E-state index is 12.5. The van der Waals surface area contributed by atoms with Crippen LogP contribution in [0.4, 0.5) is 4.79 Å². The smallest absolute Gasteiger partial charge is 0.407 e. The van der Waals surface area contributed by atoms with Crippen LogP contribution >= 0.6 is 0 Å². The van der Waals surface area contributed by atoms with Crippen LogP contribution in [0.1, 0.15) is 105 Å². The van der Waals surface area contributed by atoms with Crippen molar-refractivity contribution < 1.29 is 35.1 Å². The molecule has 0 aromatic rings. The Morgan fingerprint density at radius 3 is 2.38 bits per heavy atom. The highest BCUT2D eigenvalue weighted by molar-refractivity contribution is 5.67. The van der Waals surface area contributed by atoms with Crippen molar-refractivity contribution in [2.45, 2.75) is 136 Å². The summed E-state index contributed by atoms with van der Waals surface area (Å²) < 4.78 is 5.72. The Labute approximate surface area is 253 Å². The van der Waals surface area contributed by atoms with Gasteiger partial charge < -0.3 is 35.6 Å². The minimum atomic E-state index is -1.73. The lowest BCUT2D eigenvalue weighted by atomic mass is 9.47. The summed E-state index contributed by atoms with van der Waals surface area (Å²) in [5.41, 5.74) is 2.05. The van der Waals surface area contributed by atoms with Crippen molar-refractivity contribution in [1.82, 2.24) is 5.32 Å². The van der Waals surface area contributed by atoms with E-state index in [1.807, 2.05) is 0 Å². The molecule has 3 saturated carbocycles. The Balaban J connectivity index is 1.31. The summed E-state index contributed by atoms with van der Waals surface area (Å²) in [5.74, 6) is 4.69. The van der Waals surface area contributed by atoms with E-state index >= 15 is 0 Å².